The van der Waals surface area contributed by atoms with Crippen LogP contribution in [0.4, 0.5) is 17.1 Å². The predicted octanol–water partition coefficient (Wildman–Crippen LogP) is 19.4. The van der Waals surface area contributed by atoms with Crippen LogP contribution < -0.4 is 4.90 Å². The number of nitrogens with zero attached hydrogens (tertiary/aromatic N) is 1. The van der Waals surface area contributed by atoms with E-state index in [0.717, 1.165) is 50.1 Å². The second-order valence-electron chi connectivity index (χ2n) is 20.7. The van der Waals surface area contributed by atoms with Crippen molar-refractivity contribution in [2.45, 2.75) is 24.7 Å². The van der Waals surface area contributed by atoms with Gasteiger partial charge in [-0.15, -0.1) is 11.3 Å². The maximum Gasteiger partial charge on any atom is 0.143 e. The molecule has 0 N–H and O–H groups in total. The van der Waals surface area contributed by atoms with Gasteiger partial charge in [0.15, 0.2) is 0 Å². The monoisotopic (exact) mass is 947 g/mol. The molecule has 342 valence electrons. The average molecular weight is 948 g/mol. The Hall–Kier alpha value is -8.76. The SMILES string of the molecule is CC1(C)c2ccccc2-c2ccc(N(c3ccc(-c4ccccc4)cc3)c3ccc4c(c3)C3(c5ccccc5-c5ccc(-c6cccc7c6oc6ccccc67)cc53)c3ccc5sc6ccccc6c5c3-4)cc21. The van der Waals surface area contributed by atoms with Crippen molar-refractivity contribution in [1.29, 1.82) is 0 Å². The number of benzene rings is 11. The zero-order chi connectivity index (χ0) is 48.2. The molecule has 0 saturated heterocycles. The summed E-state index contributed by atoms with van der Waals surface area (Å²) in [5, 5.41) is 4.92. The quantitative estimate of drug-likeness (QED) is 0.171. The summed E-state index contributed by atoms with van der Waals surface area (Å²) < 4.78 is 9.36. The fraction of sp³-hybridized carbons (Fsp3) is 0.0571. The standard InChI is InChI=1S/C70H45NOS/c1-69(2)57-23-10-6-17-49(57)51-35-32-46(40-60(51)69)71(45-30-27-43(28-31-45)42-15-4-3-5-16-42)47-33-36-55-62(41-47)70(59-37-38-65-67(66(55)59)56-20-9-13-26-64(56)73-65)58-24-11-7-18-50(58)52-34-29-44(39-61(52)70)48-21-14-22-54-53-19-8-12-25-63(53)72-68(48)54/h3-41H,1-2H3. The summed E-state index contributed by atoms with van der Waals surface area (Å²) in [7, 11) is 0. The van der Waals surface area contributed by atoms with E-state index in [4.69, 9.17) is 4.42 Å². The van der Waals surface area contributed by atoms with Gasteiger partial charge in [0.2, 0.25) is 0 Å². The fourth-order valence-corrected chi connectivity index (χ4v) is 14.6. The van der Waals surface area contributed by atoms with Crippen molar-refractivity contribution in [2.75, 3.05) is 4.90 Å². The Morgan fingerprint density at radius 3 is 1.77 bits per heavy atom. The van der Waals surface area contributed by atoms with E-state index in [-0.39, 0.29) is 5.41 Å². The average Bonchev–Trinajstić information content (AvgIpc) is 4.27. The summed E-state index contributed by atoms with van der Waals surface area (Å²) >= 11 is 1.90. The molecule has 16 rings (SSSR count). The van der Waals surface area contributed by atoms with Gasteiger partial charge in [-0.25, -0.2) is 0 Å². The molecule has 3 aliphatic rings. The van der Waals surface area contributed by atoms with Gasteiger partial charge in [-0.05, 0) is 144 Å². The molecule has 11 aromatic carbocycles. The van der Waals surface area contributed by atoms with Gasteiger partial charge in [0.1, 0.15) is 11.2 Å². The zero-order valence-electron chi connectivity index (χ0n) is 40.3. The molecule has 3 aliphatic carbocycles. The van der Waals surface area contributed by atoms with E-state index in [9.17, 15) is 0 Å². The topological polar surface area (TPSA) is 16.4 Å². The molecule has 0 aliphatic heterocycles. The molecule has 1 spiro atoms. The zero-order valence-corrected chi connectivity index (χ0v) is 41.1. The number of hydrogen-bond donors (Lipinski definition) is 0. The van der Waals surface area contributed by atoms with E-state index in [1.807, 2.05) is 11.3 Å². The van der Waals surface area contributed by atoms with Crippen LogP contribution in [-0.4, -0.2) is 0 Å². The number of rotatable bonds is 5. The molecular weight excluding hydrogens is 903 g/mol. The van der Waals surface area contributed by atoms with Gasteiger partial charge in [0.05, 0.1) is 5.41 Å². The maximum absolute atomic E-state index is 6.74. The second-order valence-corrected chi connectivity index (χ2v) is 21.8. The highest BCUT2D eigenvalue weighted by Gasteiger charge is 2.53. The highest BCUT2D eigenvalue weighted by Crippen LogP contribution is 2.66. The van der Waals surface area contributed by atoms with Gasteiger partial charge in [0.25, 0.3) is 0 Å². The molecule has 2 heterocycles. The van der Waals surface area contributed by atoms with Gasteiger partial charge in [-0.2, -0.15) is 0 Å². The largest absolute Gasteiger partial charge is 0.455 e. The Labute approximate surface area is 427 Å². The Kier molecular flexibility index (Phi) is 8.35. The predicted molar refractivity (Wildman–Crippen MR) is 306 cm³/mol. The highest BCUT2D eigenvalue weighted by atomic mass is 32.1. The van der Waals surface area contributed by atoms with Crippen LogP contribution in [0, 0.1) is 0 Å². The summed E-state index contributed by atoms with van der Waals surface area (Å²) in [4.78, 5) is 2.50. The minimum atomic E-state index is -0.633. The van der Waals surface area contributed by atoms with E-state index in [2.05, 4.69) is 255 Å². The molecule has 1 unspecified atom stereocenters. The summed E-state index contributed by atoms with van der Waals surface area (Å²) in [6.45, 7) is 4.76. The van der Waals surface area contributed by atoms with Crippen molar-refractivity contribution in [3.8, 4) is 55.6 Å². The molecule has 0 saturated carbocycles. The number of anilines is 3. The molecule has 0 bridgehead atoms. The van der Waals surface area contributed by atoms with Crippen molar-refractivity contribution in [3.05, 3.63) is 270 Å². The summed E-state index contributed by atoms with van der Waals surface area (Å²) in [5.41, 5.74) is 24.8. The second kappa shape index (κ2) is 14.9. The number of hydrogen-bond acceptors (Lipinski definition) is 3. The first kappa shape index (κ1) is 40.9. The first-order valence-corrected chi connectivity index (χ1v) is 26.2. The molecule has 0 amide bonds. The van der Waals surface area contributed by atoms with E-state index in [0.29, 0.717) is 0 Å². The van der Waals surface area contributed by atoms with Crippen LogP contribution in [0.15, 0.2) is 241 Å². The van der Waals surface area contributed by atoms with Gasteiger partial charge >= 0.3 is 0 Å². The highest BCUT2D eigenvalue weighted by molar-refractivity contribution is 7.26. The van der Waals surface area contributed by atoms with Crippen LogP contribution in [0.2, 0.25) is 0 Å². The molecule has 0 radical (unpaired) electrons. The lowest BCUT2D eigenvalue weighted by Gasteiger charge is -2.33. The van der Waals surface area contributed by atoms with Crippen molar-refractivity contribution in [1.82, 2.24) is 0 Å². The van der Waals surface area contributed by atoms with E-state index < -0.39 is 5.41 Å². The number of furan rings is 1. The van der Waals surface area contributed by atoms with Crippen molar-refractivity contribution >= 4 is 70.5 Å². The van der Waals surface area contributed by atoms with Crippen molar-refractivity contribution < 1.29 is 4.42 Å². The van der Waals surface area contributed by atoms with Crippen molar-refractivity contribution in [3.63, 3.8) is 0 Å². The molecule has 2 aromatic heterocycles. The fourth-order valence-electron chi connectivity index (χ4n) is 13.5. The lowest BCUT2D eigenvalue weighted by molar-refractivity contribution is 0.660. The first-order chi connectivity index (χ1) is 35.9. The number of thiophene rings is 1. The third-order valence-corrected chi connectivity index (χ3v) is 17.8. The first-order valence-electron chi connectivity index (χ1n) is 25.4. The van der Waals surface area contributed by atoms with Crippen LogP contribution in [0.1, 0.15) is 47.2 Å². The summed E-state index contributed by atoms with van der Waals surface area (Å²) in [5.74, 6) is 0. The molecule has 3 heteroatoms. The molecular formula is C70H45NOS. The minimum absolute atomic E-state index is 0.162. The molecule has 1 atom stereocenters. The summed E-state index contributed by atoms with van der Waals surface area (Å²) in [6, 6.07) is 88.6. The third-order valence-electron chi connectivity index (χ3n) is 16.7. The molecule has 0 fully saturated rings. The number of para-hydroxylation sites is 2. The third kappa shape index (κ3) is 5.52. The molecule has 73 heavy (non-hydrogen) atoms. The van der Waals surface area contributed by atoms with Gasteiger partial charge in [-0.1, -0.05) is 190 Å². The number of fused-ring (bicyclic) bond motifs is 20. The van der Waals surface area contributed by atoms with Crippen LogP contribution >= 0.6 is 11.3 Å². The smallest absolute Gasteiger partial charge is 0.143 e. The Bertz CT molecular complexity index is 4480. The van der Waals surface area contributed by atoms with E-state index in [1.54, 1.807) is 0 Å². The minimum Gasteiger partial charge on any atom is -0.455 e. The van der Waals surface area contributed by atoms with Crippen LogP contribution in [-0.2, 0) is 10.8 Å². The Balaban J connectivity index is 0.978. The van der Waals surface area contributed by atoms with Gasteiger partial charge in [-0.3, -0.25) is 0 Å². The lowest BCUT2D eigenvalue weighted by atomic mass is 9.70. The normalized spacial score (nSPS) is 15.4. The Morgan fingerprint density at radius 1 is 0.356 bits per heavy atom. The maximum atomic E-state index is 6.74. The molecule has 2 nitrogen and oxygen atoms in total. The van der Waals surface area contributed by atoms with Gasteiger partial charge in [0, 0.05) is 59.0 Å². The lowest BCUT2D eigenvalue weighted by Crippen LogP contribution is -2.26. The van der Waals surface area contributed by atoms with Gasteiger partial charge < -0.3 is 9.32 Å². The Morgan fingerprint density at radius 2 is 0.932 bits per heavy atom. The molecule has 13 aromatic rings. The van der Waals surface area contributed by atoms with Crippen LogP contribution in [0.5, 0.6) is 0 Å². The van der Waals surface area contributed by atoms with E-state index >= 15 is 0 Å². The van der Waals surface area contributed by atoms with Crippen LogP contribution in [0.25, 0.3) is 97.7 Å². The van der Waals surface area contributed by atoms with Crippen LogP contribution in [0.3, 0.4) is 0 Å². The summed E-state index contributed by atoms with van der Waals surface area (Å²) in [6.07, 6.45) is 0. The van der Waals surface area contributed by atoms with E-state index in [1.165, 1.54) is 98.1 Å². The van der Waals surface area contributed by atoms with Crippen molar-refractivity contribution in [2.24, 2.45) is 0 Å².